The normalized spacial score (nSPS) is 19.6. The van der Waals surface area contributed by atoms with Crippen molar-refractivity contribution in [3.05, 3.63) is 59.2 Å². The van der Waals surface area contributed by atoms with Gasteiger partial charge in [-0.3, -0.25) is 0 Å². The van der Waals surface area contributed by atoms with Gasteiger partial charge in [-0.15, -0.1) is 0 Å². The minimum atomic E-state index is 0.109. The Bertz CT molecular complexity index is 1120. The number of benzene rings is 1. The number of piperidine rings is 1. The summed E-state index contributed by atoms with van der Waals surface area (Å²) in [5.74, 6) is 2.03. The monoisotopic (exact) mass is 433 g/mol. The first-order valence-electron chi connectivity index (χ1n) is 10.7. The minimum absolute atomic E-state index is 0.109. The van der Waals surface area contributed by atoms with Gasteiger partial charge in [0.1, 0.15) is 15.9 Å². The van der Waals surface area contributed by atoms with Crippen LogP contribution in [0.1, 0.15) is 41.5 Å². The molecule has 1 fully saturated rings. The van der Waals surface area contributed by atoms with E-state index in [2.05, 4.69) is 39.1 Å². The molecule has 1 aliphatic heterocycles. The molecule has 1 aliphatic carbocycles. The smallest absolute Gasteiger partial charge is 0.158 e. The summed E-state index contributed by atoms with van der Waals surface area (Å²) >= 11 is 1.42. The molecule has 0 unspecified atom stereocenters. The molecule has 0 amide bonds. The molecule has 8 heteroatoms. The van der Waals surface area contributed by atoms with E-state index in [1.807, 2.05) is 19.9 Å². The lowest BCUT2D eigenvalue weighted by Gasteiger charge is -2.42. The van der Waals surface area contributed by atoms with Crippen molar-refractivity contribution in [2.24, 2.45) is 11.1 Å². The van der Waals surface area contributed by atoms with Crippen LogP contribution < -0.4 is 16.4 Å². The number of nitrogens with two attached hydrogens (primary N) is 2. The summed E-state index contributed by atoms with van der Waals surface area (Å²) in [4.78, 5) is 20.4. The second-order valence-corrected chi connectivity index (χ2v) is 9.58. The van der Waals surface area contributed by atoms with E-state index in [1.54, 1.807) is 6.20 Å². The van der Waals surface area contributed by atoms with E-state index in [9.17, 15) is 0 Å². The van der Waals surface area contributed by atoms with Crippen LogP contribution in [0.4, 0.5) is 11.6 Å². The zero-order chi connectivity index (χ0) is 21.6. The van der Waals surface area contributed by atoms with Gasteiger partial charge < -0.3 is 16.4 Å². The van der Waals surface area contributed by atoms with E-state index >= 15 is 0 Å². The fraction of sp³-hybridized carbons (Fsp3) is 0.391. The SMILES string of the molecule is Cc1nccc(Sc2nc(C)c(N3CCC4(CC3)Cc3ccccc3[C@H]4N)nc2N)n1. The van der Waals surface area contributed by atoms with Gasteiger partial charge in [0.15, 0.2) is 11.6 Å². The Morgan fingerprint density at radius 3 is 2.58 bits per heavy atom. The Morgan fingerprint density at radius 2 is 1.84 bits per heavy atom. The fourth-order valence-electron chi connectivity index (χ4n) is 4.94. The molecule has 2 aliphatic rings. The second kappa shape index (κ2) is 7.76. The average molecular weight is 434 g/mol. The third kappa shape index (κ3) is 3.64. The largest absolute Gasteiger partial charge is 0.381 e. The number of hydrogen-bond acceptors (Lipinski definition) is 8. The summed E-state index contributed by atoms with van der Waals surface area (Å²) in [7, 11) is 0. The number of nitrogens with zero attached hydrogens (tertiary/aromatic N) is 5. The molecule has 1 aromatic carbocycles. The van der Waals surface area contributed by atoms with Crippen molar-refractivity contribution in [2.45, 2.75) is 49.2 Å². The predicted octanol–water partition coefficient (Wildman–Crippen LogP) is 3.46. The van der Waals surface area contributed by atoms with E-state index in [0.29, 0.717) is 10.8 Å². The summed E-state index contributed by atoms with van der Waals surface area (Å²) in [5, 5.41) is 1.50. The summed E-state index contributed by atoms with van der Waals surface area (Å²) in [6.45, 7) is 5.69. The van der Waals surface area contributed by atoms with Gasteiger partial charge in [-0.25, -0.2) is 19.9 Å². The van der Waals surface area contributed by atoms with Gasteiger partial charge >= 0.3 is 0 Å². The van der Waals surface area contributed by atoms with Crippen LogP contribution in [0.5, 0.6) is 0 Å². The molecular formula is C23H27N7S. The molecule has 0 bridgehead atoms. The van der Waals surface area contributed by atoms with Crippen LogP contribution in [0.2, 0.25) is 0 Å². The van der Waals surface area contributed by atoms with Crippen molar-refractivity contribution in [3.8, 4) is 0 Å². The highest BCUT2D eigenvalue weighted by molar-refractivity contribution is 7.99. The van der Waals surface area contributed by atoms with Crippen LogP contribution >= 0.6 is 11.8 Å². The Balaban J connectivity index is 1.32. The number of aromatic nitrogens is 4. The third-order valence-corrected chi connectivity index (χ3v) is 7.57. The zero-order valence-electron chi connectivity index (χ0n) is 17.9. The Hall–Kier alpha value is -2.71. The first-order chi connectivity index (χ1) is 14.9. The molecule has 5 rings (SSSR count). The topological polar surface area (TPSA) is 107 Å². The van der Waals surface area contributed by atoms with E-state index < -0.39 is 0 Å². The molecule has 31 heavy (non-hydrogen) atoms. The van der Waals surface area contributed by atoms with Crippen molar-refractivity contribution < 1.29 is 0 Å². The highest BCUT2D eigenvalue weighted by atomic mass is 32.2. The molecule has 3 heterocycles. The Morgan fingerprint density at radius 1 is 1.06 bits per heavy atom. The standard InChI is InChI=1S/C23H27N7S/c1-14-21(29-20(25)22(27-14)31-18-7-10-26-15(2)28-18)30-11-8-23(9-12-30)13-16-5-3-4-6-17(16)19(23)24/h3-7,10,19H,8-9,11-13,24H2,1-2H3,(H2,25,29)/t19-/m1/s1. The number of fused-ring (bicyclic) bond motifs is 1. The Labute approximate surface area is 186 Å². The molecule has 7 nitrogen and oxygen atoms in total. The number of aryl methyl sites for hydroxylation is 2. The van der Waals surface area contributed by atoms with E-state index in [1.165, 1.54) is 22.9 Å². The van der Waals surface area contributed by atoms with Crippen LogP contribution in [0.15, 0.2) is 46.6 Å². The van der Waals surface area contributed by atoms with Crippen LogP contribution in [0.25, 0.3) is 0 Å². The lowest BCUT2D eigenvalue weighted by atomic mass is 9.73. The lowest BCUT2D eigenvalue weighted by molar-refractivity contribution is 0.187. The third-order valence-electron chi connectivity index (χ3n) is 6.64. The highest BCUT2D eigenvalue weighted by Crippen LogP contribution is 2.51. The molecule has 2 aromatic heterocycles. The second-order valence-electron chi connectivity index (χ2n) is 8.57. The van der Waals surface area contributed by atoms with Gasteiger partial charge in [-0.1, -0.05) is 24.3 Å². The molecule has 1 saturated heterocycles. The molecule has 160 valence electrons. The van der Waals surface area contributed by atoms with Gasteiger partial charge in [0, 0.05) is 25.3 Å². The number of anilines is 2. The summed E-state index contributed by atoms with van der Waals surface area (Å²) in [6.07, 6.45) is 4.89. The lowest BCUT2D eigenvalue weighted by Crippen LogP contribution is -2.45. The molecule has 0 saturated carbocycles. The molecule has 1 atom stereocenters. The van der Waals surface area contributed by atoms with E-state index in [4.69, 9.17) is 21.4 Å². The van der Waals surface area contributed by atoms with Crippen LogP contribution in [-0.4, -0.2) is 33.0 Å². The molecule has 4 N–H and O–H groups in total. The van der Waals surface area contributed by atoms with Crippen molar-refractivity contribution in [1.29, 1.82) is 0 Å². The summed E-state index contributed by atoms with van der Waals surface area (Å²) in [6, 6.07) is 10.6. The van der Waals surface area contributed by atoms with Crippen molar-refractivity contribution >= 4 is 23.4 Å². The van der Waals surface area contributed by atoms with Crippen LogP contribution in [0.3, 0.4) is 0 Å². The number of nitrogen functional groups attached to an aromatic ring is 1. The fourth-order valence-corrected chi connectivity index (χ4v) is 5.77. The summed E-state index contributed by atoms with van der Waals surface area (Å²) in [5.41, 5.74) is 16.8. The van der Waals surface area contributed by atoms with Crippen LogP contribution in [-0.2, 0) is 6.42 Å². The van der Waals surface area contributed by atoms with Crippen molar-refractivity contribution in [3.63, 3.8) is 0 Å². The molecule has 0 radical (unpaired) electrons. The average Bonchev–Trinajstić information content (AvgIpc) is 3.03. The predicted molar refractivity (Wildman–Crippen MR) is 123 cm³/mol. The molecule has 3 aromatic rings. The van der Waals surface area contributed by atoms with Crippen molar-refractivity contribution in [2.75, 3.05) is 23.7 Å². The quantitative estimate of drug-likeness (QED) is 0.605. The molecular weight excluding hydrogens is 406 g/mol. The van der Waals surface area contributed by atoms with Gasteiger partial charge in [0.2, 0.25) is 0 Å². The minimum Gasteiger partial charge on any atom is -0.381 e. The van der Waals surface area contributed by atoms with Crippen LogP contribution in [0, 0.1) is 19.3 Å². The highest BCUT2D eigenvalue weighted by Gasteiger charge is 2.46. The van der Waals surface area contributed by atoms with E-state index in [0.717, 1.165) is 54.7 Å². The maximum Gasteiger partial charge on any atom is 0.158 e. The van der Waals surface area contributed by atoms with Gasteiger partial charge in [0.05, 0.1) is 5.69 Å². The first-order valence-corrected chi connectivity index (χ1v) is 11.5. The van der Waals surface area contributed by atoms with Gasteiger partial charge in [0.25, 0.3) is 0 Å². The van der Waals surface area contributed by atoms with Gasteiger partial charge in [-0.05, 0) is 67.5 Å². The maximum atomic E-state index is 6.72. The zero-order valence-corrected chi connectivity index (χ0v) is 18.7. The van der Waals surface area contributed by atoms with E-state index in [-0.39, 0.29) is 11.5 Å². The van der Waals surface area contributed by atoms with Gasteiger partial charge in [-0.2, -0.15) is 0 Å². The first kappa shape index (κ1) is 20.2. The van der Waals surface area contributed by atoms with Crippen molar-refractivity contribution in [1.82, 2.24) is 19.9 Å². The maximum absolute atomic E-state index is 6.72. The number of rotatable bonds is 3. The number of hydrogen-bond donors (Lipinski definition) is 2. The summed E-state index contributed by atoms with van der Waals surface area (Å²) < 4.78 is 0. The molecule has 1 spiro atoms. The Kier molecular flexibility index (Phi) is 5.06.